The first kappa shape index (κ1) is 14.9. The average Bonchev–Trinajstić information content (AvgIpc) is 3.04. The molecule has 3 aromatic rings. The highest BCUT2D eigenvalue weighted by molar-refractivity contribution is 7.20. The molecule has 0 aliphatic carbocycles. The Labute approximate surface area is 136 Å². The maximum absolute atomic E-state index is 11.8. The van der Waals surface area contributed by atoms with E-state index in [4.69, 9.17) is 11.6 Å². The van der Waals surface area contributed by atoms with E-state index in [1.54, 1.807) is 16.6 Å². The van der Waals surface area contributed by atoms with Crippen LogP contribution in [-0.4, -0.2) is 25.7 Å². The van der Waals surface area contributed by atoms with Gasteiger partial charge in [0.05, 0.1) is 0 Å². The second-order valence-corrected chi connectivity index (χ2v) is 6.18. The van der Waals surface area contributed by atoms with Crippen LogP contribution in [0.2, 0.25) is 5.02 Å². The number of amides is 1. The topological polar surface area (TPSA) is 72.2 Å². The second kappa shape index (κ2) is 6.41. The highest BCUT2D eigenvalue weighted by Crippen LogP contribution is 2.25. The van der Waals surface area contributed by atoms with Crippen LogP contribution >= 0.6 is 22.9 Å². The van der Waals surface area contributed by atoms with Crippen molar-refractivity contribution in [3.8, 4) is 11.4 Å². The second-order valence-electron chi connectivity index (χ2n) is 4.79. The van der Waals surface area contributed by atoms with Crippen molar-refractivity contribution in [2.24, 2.45) is 0 Å². The number of halogens is 1. The zero-order valence-corrected chi connectivity index (χ0v) is 13.5. The quantitative estimate of drug-likeness (QED) is 0.772. The smallest absolute Gasteiger partial charge is 0.236 e. The fourth-order valence-corrected chi connectivity index (χ4v) is 2.94. The number of benzene rings is 1. The van der Waals surface area contributed by atoms with E-state index in [2.05, 4.69) is 20.6 Å². The lowest BCUT2D eigenvalue weighted by Gasteiger charge is -1.99. The molecule has 1 N–H and O–H groups in total. The van der Waals surface area contributed by atoms with Crippen molar-refractivity contribution in [3.63, 3.8) is 0 Å². The average molecular weight is 336 g/mol. The summed E-state index contributed by atoms with van der Waals surface area (Å²) in [6.07, 6.45) is 2.35. The third-order valence-corrected chi connectivity index (χ3v) is 4.13. The Bertz CT molecular complexity index is 813. The number of fused-ring (bicyclic) bond motifs is 1. The van der Waals surface area contributed by atoms with Crippen molar-refractivity contribution >= 4 is 38.9 Å². The molecule has 114 valence electrons. The van der Waals surface area contributed by atoms with Crippen LogP contribution in [0, 0.1) is 0 Å². The minimum Gasteiger partial charge on any atom is -0.301 e. The summed E-state index contributed by atoms with van der Waals surface area (Å²) in [5.74, 6) is 0.568. The van der Waals surface area contributed by atoms with Gasteiger partial charge < -0.3 is 5.32 Å². The highest BCUT2D eigenvalue weighted by Gasteiger charge is 2.14. The molecule has 1 aromatic carbocycles. The normalized spacial score (nSPS) is 11.0. The van der Waals surface area contributed by atoms with Gasteiger partial charge in [-0.2, -0.15) is 4.52 Å². The largest absolute Gasteiger partial charge is 0.301 e. The molecule has 0 atom stereocenters. The molecule has 0 aliphatic heterocycles. The Morgan fingerprint density at radius 3 is 3.05 bits per heavy atom. The van der Waals surface area contributed by atoms with Crippen molar-refractivity contribution in [3.05, 3.63) is 29.3 Å². The maximum atomic E-state index is 11.8. The van der Waals surface area contributed by atoms with Crippen LogP contribution in [0.1, 0.15) is 26.2 Å². The summed E-state index contributed by atoms with van der Waals surface area (Å²) >= 11 is 7.30. The number of carbonyl (C=O) groups is 1. The van der Waals surface area contributed by atoms with E-state index < -0.39 is 0 Å². The molecule has 0 aliphatic rings. The lowest BCUT2D eigenvalue weighted by molar-refractivity contribution is -0.116. The summed E-state index contributed by atoms with van der Waals surface area (Å²) < 4.78 is 1.62. The Balaban J connectivity index is 1.87. The third-order valence-electron chi connectivity index (χ3n) is 3.08. The van der Waals surface area contributed by atoms with Crippen LogP contribution in [0.4, 0.5) is 5.13 Å². The number of hydrogen-bond acceptors (Lipinski definition) is 5. The first-order chi connectivity index (χ1) is 10.7. The van der Waals surface area contributed by atoms with Gasteiger partial charge in [-0.15, -0.1) is 15.3 Å². The standard InChI is InChI=1S/C14H14ClN5OS/c1-2-3-7-11(21)16-13-19-20-12(17-18-14(20)22-13)9-5-4-6-10(15)8-9/h4-6,8H,2-3,7H2,1H3,(H,16,19,21). The van der Waals surface area contributed by atoms with Crippen LogP contribution in [0.15, 0.2) is 24.3 Å². The van der Waals surface area contributed by atoms with E-state index in [1.807, 2.05) is 19.1 Å². The number of anilines is 1. The Kier molecular flexibility index (Phi) is 4.35. The molecule has 2 heterocycles. The SMILES string of the molecule is CCCCC(=O)Nc1nn2c(-c3cccc(Cl)c3)nnc2s1. The lowest BCUT2D eigenvalue weighted by Crippen LogP contribution is -2.11. The van der Waals surface area contributed by atoms with Gasteiger partial charge in [-0.25, -0.2) is 0 Å². The molecule has 0 fully saturated rings. The molecule has 1 amide bonds. The van der Waals surface area contributed by atoms with Gasteiger partial charge >= 0.3 is 0 Å². The van der Waals surface area contributed by atoms with Crippen molar-refractivity contribution < 1.29 is 4.79 Å². The number of hydrogen-bond donors (Lipinski definition) is 1. The molecular formula is C14H14ClN5OS. The highest BCUT2D eigenvalue weighted by atomic mass is 35.5. The molecule has 6 nitrogen and oxygen atoms in total. The number of carbonyl (C=O) groups excluding carboxylic acids is 1. The van der Waals surface area contributed by atoms with Gasteiger partial charge in [-0.3, -0.25) is 4.79 Å². The summed E-state index contributed by atoms with van der Waals surface area (Å²) in [6.45, 7) is 2.05. The lowest BCUT2D eigenvalue weighted by atomic mass is 10.2. The summed E-state index contributed by atoms with van der Waals surface area (Å²) in [5, 5.41) is 16.5. The summed E-state index contributed by atoms with van der Waals surface area (Å²) in [6, 6.07) is 7.33. The summed E-state index contributed by atoms with van der Waals surface area (Å²) in [5.41, 5.74) is 0.828. The van der Waals surface area contributed by atoms with Gasteiger partial charge in [0, 0.05) is 17.0 Å². The van der Waals surface area contributed by atoms with Crippen LogP contribution < -0.4 is 5.32 Å². The Morgan fingerprint density at radius 2 is 2.27 bits per heavy atom. The fraction of sp³-hybridized carbons (Fsp3) is 0.286. The summed E-state index contributed by atoms with van der Waals surface area (Å²) in [7, 11) is 0. The number of nitrogens with one attached hydrogen (secondary N) is 1. The molecule has 0 radical (unpaired) electrons. The van der Waals surface area contributed by atoms with Gasteiger partial charge in [0.15, 0.2) is 5.82 Å². The number of rotatable bonds is 5. The van der Waals surface area contributed by atoms with E-state index in [1.165, 1.54) is 11.3 Å². The molecule has 0 saturated heterocycles. The van der Waals surface area contributed by atoms with Gasteiger partial charge in [-0.05, 0) is 18.6 Å². The molecule has 0 bridgehead atoms. The number of aromatic nitrogens is 4. The molecular weight excluding hydrogens is 322 g/mol. The molecule has 0 spiro atoms. The van der Waals surface area contributed by atoms with Crippen LogP contribution in [0.25, 0.3) is 16.3 Å². The Hall–Kier alpha value is -1.99. The van der Waals surface area contributed by atoms with Gasteiger partial charge in [0.1, 0.15) is 0 Å². The van der Waals surface area contributed by atoms with E-state index in [9.17, 15) is 4.79 Å². The first-order valence-corrected chi connectivity index (χ1v) is 8.15. The van der Waals surface area contributed by atoms with E-state index in [-0.39, 0.29) is 5.91 Å². The van der Waals surface area contributed by atoms with Gasteiger partial charge in [0.25, 0.3) is 0 Å². The first-order valence-electron chi connectivity index (χ1n) is 6.95. The molecule has 0 unspecified atom stereocenters. The molecule has 2 aromatic heterocycles. The van der Waals surface area contributed by atoms with Crippen molar-refractivity contribution in [2.45, 2.75) is 26.2 Å². The van der Waals surface area contributed by atoms with Crippen molar-refractivity contribution in [1.29, 1.82) is 0 Å². The third kappa shape index (κ3) is 3.10. The molecule has 22 heavy (non-hydrogen) atoms. The maximum Gasteiger partial charge on any atom is 0.236 e. The minimum atomic E-state index is -0.0314. The van der Waals surface area contributed by atoms with Gasteiger partial charge in [0.2, 0.25) is 16.0 Å². The van der Waals surface area contributed by atoms with Crippen molar-refractivity contribution in [2.75, 3.05) is 5.32 Å². The van der Waals surface area contributed by atoms with Crippen LogP contribution in [-0.2, 0) is 4.79 Å². The number of nitrogens with zero attached hydrogens (tertiary/aromatic N) is 4. The van der Waals surface area contributed by atoms with Gasteiger partial charge in [-0.1, -0.05) is 48.4 Å². The van der Waals surface area contributed by atoms with E-state index >= 15 is 0 Å². The van der Waals surface area contributed by atoms with Crippen LogP contribution in [0.3, 0.4) is 0 Å². The molecule has 8 heteroatoms. The predicted molar refractivity (Wildman–Crippen MR) is 87.3 cm³/mol. The molecule has 3 rings (SSSR count). The zero-order valence-electron chi connectivity index (χ0n) is 11.9. The van der Waals surface area contributed by atoms with Crippen LogP contribution in [0.5, 0.6) is 0 Å². The molecule has 0 saturated carbocycles. The Morgan fingerprint density at radius 1 is 1.41 bits per heavy atom. The monoisotopic (exact) mass is 335 g/mol. The van der Waals surface area contributed by atoms with E-state index in [0.29, 0.717) is 27.4 Å². The summed E-state index contributed by atoms with van der Waals surface area (Å²) in [4.78, 5) is 12.4. The predicted octanol–water partition coefficient (Wildman–Crippen LogP) is 3.63. The van der Waals surface area contributed by atoms with Crippen molar-refractivity contribution in [1.82, 2.24) is 19.8 Å². The number of unbranched alkanes of at least 4 members (excludes halogenated alkanes) is 1. The fourth-order valence-electron chi connectivity index (χ4n) is 1.99. The minimum absolute atomic E-state index is 0.0314. The van der Waals surface area contributed by atoms with E-state index in [0.717, 1.165) is 18.4 Å². The zero-order chi connectivity index (χ0) is 15.5.